The molecule has 1 unspecified atom stereocenters. The molecule has 1 aliphatic rings. The van der Waals surface area contributed by atoms with Crippen molar-refractivity contribution in [1.82, 2.24) is 4.90 Å². The van der Waals surface area contributed by atoms with Crippen molar-refractivity contribution in [2.45, 2.75) is 13.3 Å². The average molecular weight is 248 g/mol. The first-order valence-electron chi connectivity index (χ1n) is 5.77. The zero-order valence-corrected chi connectivity index (χ0v) is 10.7. The highest BCUT2D eigenvalue weighted by Gasteiger charge is 2.23. The van der Waals surface area contributed by atoms with Gasteiger partial charge >= 0.3 is 0 Å². The van der Waals surface area contributed by atoms with Crippen LogP contribution in [0, 0.1) is 5.92 Å². The van der Waals surface area contributed by atoms with Crippen LogP contribution in [0.2, 0.25) is 0 Å². The number of rotatable bonds is 2. The summed E-state index contributed by atoms with van der Waals surface area (Å²) in [6.45, 7) is 3.89. The maximum atomic E-state index is 12.1. The summed E-state index contributed by atoms with van der Waals surface area (Å²) in [5.41, 5.74) is 7.02. The molecule has 1 aliphatic heterocycles. The molecule has 1 aromatic rings. The fourth-order valence-electron chi connectivity index (χ4n) is 2.08. The molecule has 1 atom stereocenters. The van der Waals surface area contributed by atoms with Crippen molar-refractivity contribution in [3.05, 3.63) is 35.4 Å². The molecule has 4 heteroatoms. The summed E-state index contributed by atoms with van der Waals surface area (Å²) in [5, 5.41) is 0. The molecule has 0 aromatic heterocycles. The molecule has 0 spiro atoms. The maximum absolute atomic E-state index is 12.1. The summed E-state index contributed by atoms with van der Waals surface area (Å²) in [6, 6.07) is 7.18. The third-order valence-electron chi connectivity index (χ3n) is 3.13. The predicted molar refractivity (Wildman–Crippen MR) is 72.0 cm³/mol. The molecule has 1 aromatic carbocycles. The van der Waals surface area contributed by atoms with Gasteiger partial charge in [0, 0.05) is 24.2 Å². The number of carbonyl (C=O) groups is 1. The second-order valence-corrected chi connectivity index (χ2v) is 5.03. The van der Waals surface area contributed by atoms with E-state index in [9.17, 15) is 4.79 Å². The second-order valence-electron chi connectivity index (χ2n) is 4.59. The Morgan fingerprint density at radius 1 is 1.35 bits per heavy atom. The van der Waals surface area contributed by atoms with Gasteiger partial charge in [-0.15, -0.1) is 0 Å². The summed E-state index contributed by atoms with van der Waals surface area (Å²) in [6.07, 6.45) is 1.09. The standard InChI is InChI=1S/C13H16N2OS/c1-9-6-7-15(8-9)13(16)11-4-2-10(3-5-11)12(14)17/h2-5,9H,6-8H2,1H3,(H2,14,17). The van der Waals surface area contributed by atoms with Crippen LogP contribution >= 0.6 is 12.2 Å². The van der Waals surface area contributed by atoms with Crippen molar-refractivity contribution in [2.24, 2.45) is 11.7 Å². The minimum absolute atomic E-state index is 0.101. The lowest BCUT2D eigenvalue weighted by molar-refractivity contribution is 0.0788. The molecular weight excluding hydrogens is 232 g/mol. The molecule has 0 radical (unpaired) electrons. The van der Waals surface area contributed by atoms with Gasteiger partial charge in [-0.2, -0.15) is 0 Å². The van der Waals surface area contributed by atoms with E-state index in [0.29, 0.717) is 16.5 Å². The lowest BCUT2D eigenvalue weighted by Crippen LogP contribution is -2.28. The number of thiocarbonyl (C=S) groups is 1. The summed E-state index contributed by atoms with van der Waals surface area (Å²) in [7, 11) is 0. The monoisotopic (exact) mass is 248 g/mol. The molecular formula is C13H16N2OS. The Kier molecular flexibility index (Phi) is 3.43. The average Bonchev–Trinajstić information content (AvgIpc) is 2.75. The predicted octanol–water partition coefficient (Wildman–Crippen LogP) is 1.80. The maximum Gasteiger partial charge on any atom is 0.253 e. The van der Waals surface area contributed by atoms with E-state index in [1.54, 1.807) is 24.3 Å². The normalized spacial score (nSPS) is 19.4. The SMILES string of the molecule is CC1CCN(C(=O)c2ccc(C(N)=S)cc2)C1. The second kappa shape index (κ2) is 4.84. The van der Waals surface area contributed by atoms with Gasteiger partial charge in [-0.05, 0) is 24.5 Å². The highest BCUT2D eigenvalue weighted by molar-refractivity contribution is 7.80. The molecule has 1 saturated heterocycles. The van der Waals surface area contributed by atoms with Crippen LogP contribution in [0.5, 0.6) is 0 Å². The van der Waals surface area contributed by atoms with Gasteiger partial charge < -0.3 is 10.6 Å². The van der Waals surface area contributed by atoms with Gasteiger partial charge in [0.1, 0.15) is 4.99 Å². The first-order chi connectivity index (χ1) is 8.08. The molecule has 0 aliphatic carbocycles. The highest BCUT2D eigenvalue weighted by Crippen LogP contribution is 2.18. The zero-order valence-electron chi connectivity index (χ0n) is 9.85. The van der Waals surface area contributed by atoms with Crippen molar-refractivity contribution >= 4 is 23.1 Å². The first kappa shape index (κ1) is 12.0. The van der Waals surface area contributed by atoms with Crippen LogP contribution in [0.25, 0.3) is 0 Å². The fraction of sp³-hybridized carbons (Fsp3) is 0.385. The Labute approximate surface area is 107 Å². The van der Waals surface area contributed by atoms with E-state index in [-0.39, 0.29) is 5.91 Å². The van der Waals surface area contributed by atoms with Gasteiger partial charge in [-0.25, -0.2) is 0 Å². The van der Waals surface area contributed by atoms with Crippen molar-refractivity contribution in [3.8, 4) is 0 Å². The number of likely N-dealkylation sites (tertiary alicyclic amines) is 1. The lowest BCUT2D eigenvalue weighted by Gasteiger charge is -2.15. The minimum Gasteiger partial charge on any atom is -0.389 e. The van der Waals surface area contributed by atoms with Gasteiger partial charge in [0.15, 0.2) is 0 Å². The summed E-state index contributed by atoms with van der Waals surface area (Å²) < 4.78 is 0. The highest BCUT2D eigenvalue weighted by atomic mass is 32.1. The Balaban J connectivity index is 2.12. The smallest absolute Gasteiger partial charge is 0.253 e. The largest absolute Gasteiger partial charge is 0.389 e. The number of carbonyl (C=O) groups excluding carboxylic acids is 1. The van der Waals surface area contributed by atoms with Crippen LogP contribution < -0.4 is 5.73 Å². The number of hydrogen-bond donors (Lipinski definition) is 1. The summed E-state index contributed by atoms with van der Waals surface area (Å²) >= 11 is 4.88. The zero-order chi connectivity index (χ0) is 12.4. The molecule has 0 bridgehead atoms. The van der Waals surface area contributed by atoms with Crippen LogP contribution in [-0.2, 0) is 0 Å². The molecule has 1 heterocycles. The molecule has 1 fully saturated rings. The Morgan fingerprint density at radius 2 is 1.94 bits per heavy atom. The molecule has 1 amide bonds. The van der Waals surface area contributed by atoms with Crippen molar-refractivity contribution < 1.29 is 4.79 Å². The summed E-state index contributed by atoms with van der Waals surface area (Å²) in [5.74, 6) is 0.707. The van der Waals surface area contributed by atoms with Gasteiger partial charge in [0.25, 0.3) is 5.91 Å². The molecule has 17 heavy (non-hydrogen) atoms. The molecule has 0 saturated carbocycles. The third kappa shape index (κ3) is 2.64. The van der Waals surface area contributed by atoms with E-state index in [2.05, 4.69) is 6.92 Å². The van der Waals surface area contributed by atoms with Crippen LogP contribution in [-0.4, -0.2) is 28.9 Å². The van der Waals surface area contributed by atoms with Gasteiger partial charge in [0.2, 0.25) is 0 Å². The quantitative estimate of drug-likeness (QED) is 0.812. The topological polar surface area (TPSA) is 46.3 Å². The molecule has 90 valence electrons. The lowest BCUT2D eigenvalue weighted by atomic mass is 10.1. The fourth-order valence-corrected chi connectivity index (χ4v) is 2.22. The van der Waals surface area contributed by atoms with E-state index in [1.807, 2.05) is 4.90 Å². The molecule has 3 nitrogen and oxygen atoms in total. The van der Waals surface area contributed by atoms with Crippen LogP contribution in [0.4, 0.5) is 0 Å². The van der Waals surface area contributed by atoms with Gasteiger partial charge in [-0.3, -0.25) is 4.79 Å². The Hall–Kier alpha value is -1.42. The Morgan fingerprint density at radius 3 is 2.41 bits per heavy atom. The first-order valence-corrected chi connectivity index (χ1v) is 6.18. The van der Waals surface area contributed by atoms with E-state index in [1.165, 1.54) is 0 Å². The van der Waals surface area contributed by atoms with Gasteiger partial charge in [0.05, 0.1) is 0 Å². The molecule has 2 N–H and O–H groups in total. The van der Waals surface area contributed by atoms with Gasteiger partial charge in [-0.1, -0.05) is 31.3 Å². The third-order valence-corrected chi connectivity index (χ3v) is 3.36. The van der Waals surface area contributed by atoms with Crippen LogP contribution in [0.3, 0.4) is 0 Å². The van der Waals surface area contributed by atoms with Crippen LogP contribution in [0.15, 0.2) is 24.3 Å². The van der Waals surface area contributed by atoms with E-state index >= 15 is 0 Å². The summed E-state index contributed by atoms with van der Waals surface area (Å²) in [4.78, 5) is 14.4. The van der Waals surface area contributed by atoms with E-state index < -0.39 is 0 Å². The number of amides is 1. The van der Waals surface area contributed by atoms with E-state index in [0.717, 1.165) is 25.1 Å². The number of hydrogen-bond acceptors (Lipinski definition) is 2. The Bertz CT molecular complexity index is 441. The van der Waals surface area contributed by atoms with Crippen molar-refractivity contribution in [1.29, 1.82) is 0 Å². The number of nitrogens with zero attached hydrogens (tertiary/aromatic N) is 1. The number of nitrogens with two attached hydrogens (primary N) is 1. The number of benzene rings is 1. The molecule has 2 rings (SSSR count). The van der Waals surface area contributed by atoms with Crippen molar-refractivity contribution in [3.63, 3.8) is 0 Å². The minimum atomic E-state index is 0.101. The van der Waals surface area contributed by atoms with E-state index in [4.69, 9.17) is 18.0 Å². The van der Waals surface area contributed by atoms with Crippen molar-refractivity contribution in [2.75, 3.05) is 13.1 Å². The van der Waals surface area contributed by atoms with Crippen LogP contribution in [0.1, 0.15) is 29.3 Å².